The van der Waals surface area contributed by atoms with Crippen molar-refractivity contribution in [2.45, 2.75) is 168 Å². The summed E-state index contributed by atoms with van der Waals surface area (Å²) in [6, 6.07) is -3.52. The van der Waals surface area contributed by atoms with Crippen LogP contribution in [0.1, 0.15) is 150 Å². The van der Waals surface area contributed by atoms with Crippen LogP contribution < -0.4 is 5.11 Å². The number of allylic oxidation sites excluding steroid dienone is 1. The van der Waals surface area contributed by atoms with Gasteiger partial charge in [0.05, 0.1) is 12.5 Å². The van der Waals surface area contributed by atoms with Crippen LogP contribution in [-0.4, -0.2) is 57.3 Å². The summed E-state index contributed by atoms with van der Waals surface area (Å²) >= 11 is 0. The first-order valence-corrected chi connectivity index (χ1v) is 15.9. The molecule has 0 spiro atoms. The first-order valence-electron chi connectivity index (χ1n) is 15.9. The summed E-state index contributed by atoms with van der Waals surface area (Å²) in [4.78, 5) is 36.5. The summed E-state index contributed by atoms with van der Waals surface area (Å²) in [5, 5.41) is 32.1. The van der Waals surface area contributed by atoms with Gasteiger partial charge in [0.25, 0.3) is 0 Å². The minimum Gasteiger partial charge on any atom is -0.544 e. The lowest BCUT2D eigenvalue weighted by Gasteiger charge is -2.51. The number of nitrogens with zero attached hydrogens (tertiary/aromatic N) is 1. The summed E-state index contributed by atoms with van der Waals surface area (Å²) < 4.78 is -0.550. The van der Waals surface area contributed by atoms with E-state index in [-0.39, 0.29) is 25.8 Å². The van der Waals surface area contributed by atoms with E-state index in [9.17, 15) is 29.7 Å². The molecule has 0 aliphatic heterocycles. The number of carbonyl (C=O) groups excluding carboxylic acids is 1. The Morgan fingerprint density at radius 1 is 0.590 bits per heavy atom. The highest BCUT2D eigenvalue weighted by atomic mass is 16.4. The molecule has 228 valence electrons. The minimum atomic E-state index is -1.40. The predicted octanol–water partition coefficient (Wildman–Crippen LogP) is 6.88. The number of hydrogen-bond acceptors (Lipinski definition) is 4. The standard InChI is InChI=1S/C32H59NO6/c1-5-9-10-11-12-13-14-15-16-17-18-19-20-21-22-23-24-25-26-33(27(6-2)30(34)35,28(7-3)31(36)37)29(8-4)32(38)39/h24-25,27-29H,5-23,26H2,1-4H3,(H2-,34,35,36,37,38,39)/b25-24+. The Bertz CT molecular complexity index is 637. The molecule has 0 amide bonds. The zero-order chi connectivity index (χ0) is 29.5. The van der Waals surface area contributed by atoms with Crippen molar-refractivity contribution in [3.8, 4) is 0 Å². The van der Waals surface area contributed by atoms with Crippen molar-refractivity contribution in [2.75, 3.05) is 6.54 Å². The van der Waals surface area contributed by atoms with Gasteiger partial charge >= 0.3 is 11.9 Å². The fourth-order valence-electron chi connectivity index (χ4n) is 6.18. The fourth-order valence-corrected chi connectivity index (χ4v) is 6.18. The van der Waals surface area contributed by atoms with Gasteiger partial charge in [-0.1, -0.05) is 124 Å². The first-order chi connectivity index (χ1) is 18.7. The SMILES string of the molecule is CCCCCCCCCCCCCCCCC/C=C/C[N+](C(CC)C(=O)[O-])(C(CC)C(=O)O)C(CC)C(=O)O. The van der Waals surface area contributed by atoms with E-state index in [1.54, 1.807) is 26.8 Å². The lowest BCUT2D eigenvalue weighted by atomic mass is 9.94. The Labute approximate surface area is 238 Å². The predicted molar refractivity (Wildman–Crippen MR) is 156 cm³/mol. The number of unbranched alkanes of at least 4 members (excludes halogenated alkanes) is 15. The quantitative estimate of drug-likeness (QED) is 0.0651. The van der Waals surface area contributed by atoms with Crippen LogP contribution in [0.3, 0.4) is 0 Å². The topological polar surface area (TPSA) is 115 Å². The number of rotatable bonds is 27. The molecule has 0 heterocycles. The van der Waals surface area contributed by atoms with E-state index >= 15 is 0 Å². The van der Waals surface area contributed by atoms with E-state index in [2.05, 4.69) is 6.92 Å². The molecule has 0 aromatic rings. The van der Waals surface area contributed by atoms with E-state index in [0.717, 1.165) is 19.3 Å². The van der Waals surface area contributed by atoms with Crippen molar-refractivity contribution in [3.63, 3.8) is 0 Å². The third-order valence-corrected chi connectivity index (χ3v) is 8.31. The maximum Gasteiger partial charge on any atom is 0.362 e. The van der Waals surface area contributed by atoms with Gasteiger partial charge < -0.3 is 20.1 Å². The lowest BCUT2D eigenvalue weighted by molar-refractivity contribution is -0.969. The molecule has 0 aliphatic rings. The molecule has 7 heteroatoms. The second-order valence-electron chi connectivity index (χ2n) is 11.2. The van der Waals surface area contributed by atoms with Gasteiger partial charge in [-0.25, -0.2) is 9.59 Å². The number of aliphatic carboxylic acids is 3. The van der Waals surface area contributed by atoms with E-state index in [4.69, 9.17) is 0 Å². The van der Waals surface area contributed by atoms with Gasteiger partial charge in [-0.15, -0.1) is 0 Å². The van der Waals surface area contributed by atoms with Gasteiger partial charge in [-0.2, -0.15) is 0 Å². The number of quaternary nitrogens is 1. The van der Waals surface area contributed by atoms with E-state index in [1.165, 1.54) is 83.5 Å². The lowest BCUT2D eigenvalue weighted by Crippen LogP contribution is -2.73. The van der Waals surface area contributed by atoms with Crippen LogP contribution in [0, 0.1) is 0 Å². The molecular weight excluding hydrogens is 494 g/mol. The van der Waals surface area contributed by atoms with Crippen molar-refractivity contribution in [1.29, 1.82) is 0 Å². The summed E-state index contributed by atoms with van der Waals surface area (Å²) in [6.45, 7) is 7.28. The monoisotopic (exact) mass is 553 g/mol. The maximum absolute atomic E-state index is 12.2. The Morgan fingerprint density at radius 2 is 0.949 bits per heavy atom. The maximum atomic E-state index is 12.2. The molecule has 3 atom stereocenters. The third-order valence-electron chi connectivity index (χ3n) is 8.31. The molecule has 0 fully saturated rings. The molecule has 0 aromatic heterocycles. The minimum absolute atomic E-state index is 0.0425. The Kier molecular flexibility index (Phi) is 21.8. The Morgan fingerprint density at radius 3 is 1.26 bits per heavy atom. The highest BCUT2D eigenvalue weighted by molar-refractivity contribution is 5.77. The van der Waals surface area contributed by atoms with E-state index in [1.807, 2.05) is 6.08 Å². The number of carboxylic acids is 3. The normalized spacial score (nSPS) is 15.6. The van der Waals surface area contributed by atoms with Gasteiger partial charge in [0, 0.05) is 19.3 Å². The van der Waals surface area contributed by atoms with Gasteiger partial charge in [0.2, 0.25) is 0 Å². The van der Waals surface area contributed by atoms with Gasteiger partial charge in [0.1, 0.15) is 6.04 Å². The van der Waals surface area contributed by atoms with Crippen LogP contribution in [0.5, 0.6) is 0 Å². The van der Waals surface area contributed by atoms with Crippen LogP contribution >= 0.6 is 0 Å². The number of hydrogen-bond donors (Lipinski definition) is 2. The van der Waals surface area contributed by atoms with Crippen LogP contribution in [0.4, 0.5) is 0 Å². The second kappa shape index (κ2) is 22.9. The molecule has 0 radical (unpaired) electrons. The van der Waals surface area contributed by atoms with Crippen LogP contribution in [0.25, 0.3) is 0 Å². The number of carboxylic acid groups (broad SMARTS) is 3. The molecule has 3 unspecified atom stereocenters. The van der Waals surface area contributed by atoms with Gasteiger partial charge in [0.15, 0.2) is 12.1 Å². The molecule has 0 aromatic carbocycles. The van der Waals surface area contributed by atoms with Crippen LogP contribution in [0.15, 0.2) is 12.2 Å². The highest BCUT2D eigenvalue weighted by Crippen LogP contribution is 2.31. The molecule has 39 heavy (non-hydrogen) atoms. The second-order valence-corrected chi connectivity index (χ2v) is 11.2. The van der Waals surface area contributed by atoms with E-state index < -0.39 is 40.5 Å². The molecule has 0 saturated carbocycles. The summed E-state index contributed by atoms with van der Waals surface area (Å²) in [6.07, 6.45) is 24.4. The van der Waals surface area contributed by atoms with Crippen molar-refractivity contribution >= 4 is 17.9 Å². The van der Waals surface area contributed by atoms with E-state index in [0.29, 0.717) is 0 Å². The molecule has 0 bridgehead atoms. The van der Waals surface area contributed by atoms with Gasteiger partial charge in [-0.05, 0) is 18.9 Å². The molecular formula is C32H59NO6. The van der Waals surface area contributed by atoms with Crippen LogP contribution in [-0.2, 0) is 14.4 Å². The molecule has 7 nitrogen and oxygen atoms in total. The van der Waals surface area contributed by atoms with Crippen molar-refractivity contribution in [1.82, 2.24) is 0 Å². The smallest absolute Gasteiger partial charge is 0.362 e. The van der Waals surface area contributed by atoms with Crippen molar-refractivity contribution < 1.29 is 34.2 Å². The Hall–Kier alpha value is -1.89. The number of carbonyl (C=O) groups is 3. The average molecular weight is 554 g/mol. The van der Waals surface area contributed by atoms with Gasteiger partial charge in [-0.3, -0.25) is 4.48 Å². The summed E-state index contributed by atoms with van der Waals surface area (Å²) in [5.74, 6) is -3.74. The fraction of sp³-hybridized carbons (Fsp3) is 0.844. The van der Waals surface area contributed by atoms with Crippen molar-refractivity contribution in [2.24, 2.45) is 0 Å². The van der Waals surface area contributed by atoms with Crippen molar-refractivity contribution in [3.05, 3.63) is 12.2 Å². The largest absolute Gasteiger partial charge is 0.544 e. The molecule has 0 rings (SSSR count). The summed E-state index contributed by atoms with van der Waals surface area (Å²) in [5.41, 5.74) is 0. The molecule has 0 aliphatic carbocycles. The third kappa shape index (κ3) is 13.8. The average Bonchev–Trinajstić information content (AvgIpc) is 2.88. The Balaban J connectivity index is 4.66. The zero-order valence-electron chi connectivity index (χ0n) is 25.5. The first kappa shape index (κ1) is 37.1. The summed E-state index contributed by atoms with van der Waals surface area (Å²) in [7, 11) is 0. The highest BCUT2D eigenvalue weighted by Gasteiger charge is 2.53. The molecule has 2 N–H and O–H groups in total. The van der Waals surface area contributed by atoms with Crippen LogP contribution in [0.2, 0.25) is 0 Å². The zero-order valence-corrected chi connectivity index (χ0v) is 25.5. The molecule has 0 saturated heterocycles.